The van der Waals surface area contributed by atoms with Gasteiger partial charge in [0.25, 0.3) is 0 Å². The second-order valence-electron chi connectivity index (χ2n) is 6.37. The summed E-state index contributed by atoms with van der Waals surface area (Å²) < 4.78 is 6.65. The molecule has 0 unspecified atom stereocenters. The van der Waals surface area contributed by atoms with E-state index in [2.05, 4.69) is 29.4 Å². The summed E-state index contributed by atoms with van der Waals surface area (Å²) in [6.07, 6.45) is 1.15. The summed E-state index contributed by atoms with van der Waals surface area (Å²) in [6.45, 7) is 2.37. The van der Waals surface area contributed by atoms with Crippen molar-refractivity contribution in [3.8, 4) is 11.3 Å². The lowest BCUT2D eigenvalue weighted by Gasteiger charge is -2.03. The zero-order valence-electron chi connectivity index (χ0n) is 15.3. The van der Waals surface area contributed by atoms with Gasteiger partial charge in [-0.2, -0.15) is 0 Å². The molecule has 0 saturated carbocycles. The zero-order valence-corrected chi connectivity index (χ0v) is 16.2. The molecule has 0 aliphatic heterocycles. The number of benzene rings is 2. The maximum atomic E-state index is 12.3. The third kappa shape index (κ3) is 3.75. The van der Waals surface area contributed by atoms with Crippen molar-refractivity contribution < 1.29 is 9.21 Å². The fourth-order valence-corrected chi connectivity index (χ4v) is 3.73. The lowest BCUT2D eigenvalue weighted by molar-refractivity contribution is -0.116. The second-order valence-corrected chi connectivity index (χ2v) is 7.23. The normalized spacial score (nSPS) is 11.0. The van der Waals surface area contributed by atoms with E-state index in [-0.39, 0.29) is 18.9 Å². The Morgan fingerprint density at radius 3 is 2.75 bits per heavy atom. The fraction of sp³-hybridized carbons (Fsp3) is 0.190. The number of hydrogen-bond donors (Lipinski definition) is 1. The number of nitrogens with zero attached hydrogens (tertiary/aromatic N) is 2. The van der Waals surface area contributed by atoms with Crippen LogP contribution in [0, 0.1) is 0 Å². The first kappa shape index (κ1) is 18.2. The number of oxazole rings is 1. The largest absolute Gasteiger partial charge is 0.419 e. The summed E-state index contributed by atoms with van der Waals surface area (Å²) in [4.78, 5) is 28.8. The van der Waals surface area contributed by atoms with Crippen LogP contribution in [0.1, 0.15) is 18.9 Å². The number of rotatable bonds is 6. The van der Waals surface area contributed by atoms with E-state index >= 15 is 0 Å². The highest BCUT2D eigenvalue weighted by Crippen LogP contribution is 2.25. The van der Waals surface area contributed by atoms with Crippen LogP contribution in [0.25, 0.3) is 22.4 Å². The number of carbonyl (C=O) groups is 1. The topological polar surface area (TPSA) is 77.1 Å². The molecule has 28 heavy (non-hydrogen) atoms. The van der Waals surface area contributed by atoms with Crippen LogP contribution in [-0.2, 0) is 17.8 Å². The van der Waals surface area contributed by atoms with Gasteiger partial charge in [-0.1, -0.05) is 43.3 Å². The minimum absolute atomic E-state index is 0.156. The van der Waals surface area contributed by atoms with Gasteiger partial charge in [0, 0.05) is 23.9 Å². The van der Waals surface area contributed by atoms with Gasteiger partial charge in [-0.25, -0.2) is 9.78 Å². The van der Waals surface area contributed by atoms with Crippen LogP contribution in [0.4, 0.5) is 5.13 Å². The first-order valence-electron chi connectivity index (χ1n) is 9.07. The van der Waals surface area contributed by atoms with Crippen molar-refractivity contribution in [2.45, 2.75) is 26.3 Å². The van der Waals surface area contributed by atoms with E-state index in [9.17, 15) is 9.59 Å². The first-order chi connectivity index (χ1) is 13.6. The zero-order chi connectivity index (χ0) is 19.5. The minimum Gasteiger partial charge on any atom is -0.408 e. The van der Waals surface area contributed by atoms with Gasteiger partial charge in [0.1, 0.15) is 0 Å². The molecule has 2 heterocycles. The standard InChI is InChI=1S/C21H19N3O3S/c1-2-14-7-9-15(10-8-14)16-13-28-20(22-16)23-19(25)11-12-24-17-5-3-4-6-18(17)27-21(24)26/h3-10,13H,2,11-12H2,1H3,(H,22,23,25). The maximum Gasteiger partial charge on any atom is 0.419 e. The molecule has 1 amide bonds. The number of amides is 1. The highest BCUT2D eigenvalue weighted by atomic mass is 32.1. The van der Waals surface area contributed by atoms with Crippen molar-refractivity contribution in [2.24, 2.45) is 0 Å². The summed E-state index contributed by atoms with van der Waals surface area (Å²) in [7, 11) is 0. The Balaban J connectivity index is 1.40. The average molecular weight is 393 g/mol. The SMILES string of the molecule is CCc1ccc(-c2csc(NC(=O)CCn3c(=O)oc4ccccc43)n2)cc1. The minimum atomic E-state index is -0.457. The lowest BCUT2D eigenvalue weighted by Crippen LogP contribution is -2.19. The highest BCUT2D eigenvalue weighted by molar-refractivity contribution is 7.14. The molecule has 2 aromatic heterocycles. The first-order valence-corrected chi connectivity index (χ1v) is 9.95. The van der Waals surface area contributed by atoms with E-state index in [1.807, 2.05) is 23.6 Å². The number of hydrogen-bond acceptors (Lipinski definition) is 5. The predicted molar refractivity (Wildman–Crippen MR) is 111 cm³/mol. The van der Waals surface area contributed by atoms with Gasteiger partial charge < -0.3 is 9.73 Å². The molecule has 4 aromatic rings. The fourth-order valence-electron chi connectivity index (χ4n) is 3.00. The Bertz CT molecular complexity index is 1170. The van der Waals surface area contributed by atoms with Crippen molar-refractivity contribution in [1.29, 1.82) is 0 Å². The molecule has 0 atom stereocenters. The molecule has 7 heteroatoms. The van der Waals surface area contributed by atoms with Crippen LogP contribution in [-0.4, -0.2) is 15.5 Å². The van der Waals surface area contributed by atoms with E-state index in [1.165, 1.54) is 21.5 Å². The number of para-hydroxylation sites is 2. The molecule has 6 nitrogen and oxygen atoms in total. The molecule has 4 rings (SSSR count). The van der Waals surface area contributed by atoms with Gasteiger partial charge >= 0.3 is 5.76 Å². The summed E-state index contributed by atoms with van der Waals surface area (Å²) in [6, 6.07) is 15.4. The molecule has 2 aromatic carbocycles. The van der Waals surface area contributed by atoms with Crippen LogP contribution in [0.2, 0.25) is 0 Å². The Kier molecular flexibility index (Phi) is 5.08. The van der Waals surface area contributed by atoms with Gasteiger partial charge in [0.15, 0.2) is 10.7 Å². The predicted octanol–water partition coefficient (Wildman–Crippen LogP) is 4.31. The second kappa shape index (κ2) is 7.82. The third-order valence-electron chi connectivity index (χ3n) is 4.54. The molecular weight excluding hydrogens is 374 g/mol. The summed E-state index contributed by atoms with van der Waals surface area (Å²) in [5.74, 6) is -0.652. The van der Waals surface area contributed by atoms with Gasteiger partial charge in [-0.15, -0.1) is 11.3 Å². The van der Waals surface area contributed by atoms with E-state index in [4.69, 9.17) is 4.42 Å². The number of thiazole rings is 1. The van der Waals surface area contributed by atoms with Crippen LogP contribution in [0.5, 0.6) is 0 Å². The number of aromatic nitrogens is 2. The molecule has 0 bridgehead atoms. The summed E-state index contributed by atoms with van der Waals surface area (Å²) >= 11 is 1.38. The maximum absolute atomic E-state index is 12.3. The Labute approximate surface area is 165 Å². The van der Waals surface area contributed by atoms with E-state index < -0.39 is 5.76 Å². The Hall–Kier alpha value is -3.19. The molecule has 1 N–H and O–H groups in total. The van der Waals surface area contributed by atoms with Gasteiger partial charge in [-0.3, -0.25) is 9.36 Å². The monoisotopic (exact) mass is 393 g/mol. The molecule has 0 spiro atoms. The molecule has 142 valence electrons. The summed E-state index contributed by atoms with van der Waals surface area (Å²) in [5.41, 5.74) is 4.33. The van der Waals surface area contributed by atoms with Gasteiger partial charge in [0.05, 0.1) is 11.2 Å². The van der Waals surface area contributed by atoms with E-state index in [1.54, 1.807) is 18.2 Å². The van der Waals surface area contributed by atoms with Crippen LogP contribution >= 0.6 is 11.3 Å². The number of fused-ring (bicyclic) bond motifs is 1. The van der Waals surface area contributed by atoms with Crippen LogP contribution in [0.15, 0.2) is 63.1 Å². The van der Waals surface area contributed by atoms with E-state index in [0.29, 0.717) is 16.2 Å². The van der Waals surface area contributed by atoms with Crippen molar-refractivity contribution in [3.05, 3.63) is 70.0 Å². The molecule has 0 fully saturated rings. The van der Waals surface area contributed by atoms with Crippen molar-refractivity contribution in [2.75, 3.05) is 5.32 Å². The number of carbonyl (C=O) groups excluding carboxylic acids is 1. The highest BCUT2D eigenvalue weighted by Gasteiger charge is 2.12. The quantitative estimate of drug-likeness (QED) is 0.530. The van der Waals surface area contributed by atoms with E-state index in [0.717, 1.165) is 17.7 Å². The van der Waals surface area contributed by atoms with Crippen molar-refractivity contribution in [1.82, 2.24) is 9.55 Å². The van der Waals surface area contributed by atoms with Gasteiger partial charge in [-0.05, 0) is 24.1 Å². The number of nitrogens with one attached hydrogen (secondary N) is 1. The molecule has 0 saturated heterocycles. The third-order valence-corrected chi connectivity index (χ3v) is 5.30. The lowest BCUT2D eigenvalue weighted by atomic mass is 10.1. The Morgan fingerprint density at radius 1 is 1.18 bits per heavy atom. The van der Waals surface area contributed by atoms with Gasteiger partial charge in [0.2, 0.25) is 5.91 Å². The summed E-state index contributed by atoms with van der Waals surface area (Å²) in [5, 5.41) is 5.27. The molecule has 0 aliphatic rings. The molecule has 0 radical (unpaired) electrons. The number of aryl methyl sites for hydroxylation is 2. The Morgan fingerprint density at radius 2 is 1.96 bits per heavy atom. The van der Waals surface area contributed by atoms with Crippen molar-refractivity contribution in [3.63, 3.8) is 0 Å². The molecular formula is C21H19N3O3S. The average Bonchev–Trinajstić information content (AvgIpc) is 3.30. The smallest absolute Gasteiger partial charge is 0.408 e. The van der Waals surface area contributed by atoms with Crippen LogP contribution in [0.3, 0.4) is 0 Å². The number of anilines is 1. The van der Waals surface area contributed by atoms with Crippen LogP contribution < -0.4 is 11.1 Å². The van der Waals surface area contributed by atoms with Crippen molar-refractivity contribution >= 4 is 33.5 Å². The molecule has 0 aliphatic carbocycles.